The fourth-order valence-electron chi connectivity index (χ4n) is 2.10. The molecule has 0 aliphatic heterocycles. The molecule has 1 aliphatic carbocycles. The molecule has 1 fully saturated rings. The Kier molecular flexibility index (Phi) is 5.58. The third-order valence-electron chi connectivity index (χ3n) is 3.61. The molecular formula is C14H24O2. The van der Waals surface area contributed by atoms with Gasteiger partial charge in [0.15, 0.2) is 0 Å². The van der Waals surface area contributed by atoms with Crippen LogP contribution in [0.2, 0.25) is 0 Å². The van der Waals surface area contributed by atoms with Gasteiger partial charge in [-0.3, -0.25) is 4.79 Å². The maximum atomic E-state index is 11.7. The molecule has 0 amide bonds. The maximum Gasteiger partial charge on any atom is 0.306 e. The number of carbonyl (C=O) groups is 1. The van der Waals surface area contributed by atoms with E-state index in [-0.39, 0.29) is 12.1 Å². The summed E-state index contributed by atoms with van der Waals surface area (Å²) in [5, 5.41) is 0. The second kappa shape index (κ2) is 6.72. The Morgan fingerprint density at radius 3 is 2.56 bits per heavy atom. The van der Waals surface area contributed by atoms with E-state index in [2.05, 4.69) is 20.4 Å². The van der Waals surface area contributed by atoms with Crippen molar-refractivity contribution in [3.63, 3.8) is 0 Å². The first-order valence-corrected chi connectivity index (χ1v) is 6.45. The Balaban J connectivity index is 2.26. The summed E-state index contributed by atoms with van der Waals surface area (Å²) in [7, 11) is 0. The normalized spacial score (nSPS) is 21.1. The number of hydrogen-bond donors (Lipinski definition) is 0. The molecule has 2 heteroatoms. The quantitative estimate of drug-likeness (QED) is 0.525. The molecule has 2 nitrogen and oxygen atoms in total. The predicted molar refractivity (Wildman–Crippen MR) is 66.1 cm³/mol. The highest BCUT2D eigenvalue weighted by Gasteiger charge is 2.20. The van der Waals surface area contributed by atoms with Crippen molar-refractivity contribution in [2.24, 2.45) is 11.8 Å². The summed E-state index contributed by atoms with van der Waals surface area (Å²) in [5.74, 6) is 0.667. The third-order valence-corrected chi connectivity index (χ3v) is 3.61. The molecule has 0 heterocycles. The molecular weight excluding hydrogens is 200 g/mol. The van der Waals surface area contributed by atoms with E-state index in [0.717, 1.165) is 12.8 Å². The minimum Gasteiger partial charge on any atom is -0.462 e. The van der Waals surface area contributed by atoms with Gasteiger partial charge in [0, 0.05) is 6.42 Å². The SMILES string of the molecule is C=CC(C)C(C)CC(=O)OC1CCCCC1. The lowest BCUT2D eigenvalue weighted by molar-refractivity contribution is -0.151. The van der Waals surface area contributed by atoms with Gasteiger partial charge in [-0.25, -0.2) is 0 Å². The molecule has 0 aromatic rings. The van der Waals surface area contributed by atoms with Gasteiger partial charge in [-0.1, -0.05) is 26.3 Å². The zero-order valence-corrected chi connectivity index (χ0v) is 10.6. The highest BCUT2D eigenvalue weighted by atomic mass is 16.5. The fraction of sp³-hybridized carbons (Fsp3) is 0.786. The maximum absolute atomic E-state index is 11.7. The predicted octanol–water partition coefficient (Wildman–Crippen LogP) is 3.71. The molecule has 0 saturated heterocycles. The first-order chi connectivity index (χ1) is 7.63. The zero-order chi connectivity index (χ0) is 12.0. The molecule has 0 bridgehead atoms. The van der Waals surface area contributed by atoms with Crippen LogP contribution in [-0.2, 0) is 9.53 Å². The van der Waals surface area contributed by atoms with Gasteiger partial charge in [-0.15, -0.1) is 6.58 Å². The lowest BCUT2D eigenvalue weighted by Crippen LogP contribution is -2.23. The van der Waals surface area contributed by atoms with Crippen molar-refractivity contribution in [1.82, 2.24) is 0 Å². The van der Waals surface area contributed by atoms with Crippen LogP contribution in [0.15, 0.2) is 12.7 Å². The smallest absolute Gasteiger partial charge is 0.306 e. The van der Waals surface area contributed by atoms with Crippen molar-refractivity contribution in [3.8, 4) is 0 Å². The van der Waals surface area contributed by atoms with Gasteiger partial charge >= 0.3 is 5.97 Å². The van der Waals surface area contributed by atoms with Gasteiger partial charge in [0.1, 0.15) is 6.10 Å². The molecule has 1 aliphatic rings. The fourth-order valence-corrected chi connectivity index (χ4v) is 2.10. The minimum atomic E-state index is -0.0342. The van der Waals surface area contributed by atoms with Crippen LogP contribution in [0.3, 0.4) is 0 Å². The van der Waals surface area contributed by atoms with Crippen LogP contribution >= 0.6 is 0 Å². The molecule has 16 heavy (non-hydrogen) atoms. The topological polar surface area (TPSA) is 26.3 Å². The molecule has 0 aromatic carbocycles. The van der Waals surface area contributed by atoms with E-state index in [1.54, 1.807) is 0 Å². The molecule has 92 valence electrons. The van der Waals surface area contributed by atoms with Crippen LogP contribution in [0.5, 0.6) is 0 Å². The Morgan fingerprint density at radius 1 is 1.38 bits per heavy atom. The lowest BCUT2D eigenvalue weighted by atomic mass is 9.93. The molecule has 1 rings (SSSR count). The van der Waals surface area contributed by atoms with E-state index in [1.807, 2.05) is 6.08 Å². The first kappa shape index (κ1) is 13.3. The highest BCUT2D eigenvalue weighted by molar-refractivity contribution is 5.69. The minimum absolute atomic E-state index is 0.0342. The summed E-state index contributed by atoms with van der Waals surface area (Å²) in [6.07, 6.45) is 8.41. The number of hydrogen-bond acceptors (Lipinski definition) is 2. The van der Waals surface area contributed by atoms with Crippen molar-refractivity contribution in [2.45, 2.75) is 58.5 Å². The van der Waals surface area contributed by atoms with Crippen molar-refractivity contribution >= 4 is 5.97 Å². The van der Waals surface area contributed by atoms with Crippen LogP contribution in [0, 0.1) is 11.8 Å². The molecule has 0 aromatic heterocycles. The highest BCUT2D eigenvalue weighted by Crippen LogP contribution is 2.22. The molecule has 0 radical (unpaired) electrons. The Bertz CT molecular complexity index is 229. The van der Waals surface area contributed by atoms with E-state index < -0.39 is 0 Å². The van der Waals surface area contributed by atoms with Gasteiger partial charge < -0.3 is 4.74 Å². The molecule has 1 saturated carbocycles. The van der Waals surface area contributed by atoms with E-state index in [4.69, 9.17) is 4.74 Å². The Morgan fingerprint density at radius 2 is 2.00 bits per heavy atom. The monoisotopic (exact) mass is 224 g/mol. The van der Waals surface area contributed by atoms with Crippen molar-refractivity contribution < 1.29 is 9.53 Å². The average molecular weight is 224 g/mol. The van der Waals surface area contributed by atoms with Gasteiger partial charge in [0.05, 0.1) is 0 Å². The van der Waals surface area contributed by atoms with E-state index >= 15 is 0 Å². The average Bonchev–Trinajstić information content (AvgIpc) is 2.29. The number of esters is 1. The van der Waals surface area contributed by atoms with Crippen LogP contribution in [0.1, 0.15) is 52.4 Å². The van der Waals surface area contributed by atoms with E-state index in [9.17, 15) is 4.79 Å². The summed E-state index contributed by atoms with van der Waals surface area (Å²) in [6, 6.07) is 0. The molecule has 2 unspecified atom stereocenters. The Hall–Kier alpha value is -0.790. The van der Waals surface area contributed by atoms with E-state index in [1.165, 1.54) is 19.3 Å². The molecule has 2 atom stereocenters. The lowest BCUT2D eigenvalue weighted by Gasteiger charge is -2.23. The van der Waals surface area contributed by atoms with Crippen LogP contribution in [0.25, 0.3) is 0 Å². The van der Waals surface area contributed by atoms with Gasteiger partial charge in [-0.05, 0) is 37.5 Å². The van der Waals surface area contributed by atoms with E-state index in [0.29, 0.717) is 18.3 Å². The number of rotatable bonds is 5. The largest absolute Gasteiger partial charge is 0.462 e. The van der Waals surface area contributed by atoms with Crippen molar-refractivity contribution in [3.05, 3.63) is 12.7 Å². The third kappa shape index (κ3) is 4.38. The van der Waals surface area contributed by atoms with Gasteiger partial charge in [0.2, 0.25) is 0 Å². The van der Waals surface area contributed by atoms with Crippen molar-refractivity contribution in [1.29, 1.82) is 0 Å². The molecule has 0 N–H and O–H groups in total. The Labute approximate surface area is 99.1 Å². The van der Waals surface area contributed by atoms with Crippen LogP contribution < -0.4 is 0 Å². The second-order valence-electron chi connectivity index (χ2n) is 5.03. The summed E-state index contributed by atoms with van der Waals surface area (Å²) in [4.78, 5) is 11.7. The summed E-state index contributed by atoms with van der Waals surface area (Å²) < 4.78 is 5.48. The van der Waals surface area contributed by atoms with Gasteiger partial charge in [0.25, 0.3) is 0 Å². The van der Waals surface area contributed by atoms with Crippen LogP contribution in [-0.4, -0.2) is 12.1 Å². The number of ether oxygens (including phenoxy) is 1. The first-order valence-electron chi connectivity index (χ1n) is 6.45. The summed E-state index contributed by atoms with van der Waals surface area (Å²) in [5.41, 5.74) is 0. The number of allylic oxidation sites excluding steroid dienone is 1. The summed E-state index contributed by atoms with van der Waals surface area (Å²) >= 11 is 0. The zero-order valence-electron chi connectivity index (χ0n) is 10.6. The number of carbonyl (C=O) groups excluding carboxylic acids is 1. The van der Waals surface area contributed by atoms with Gasteiger partial charge in [-0.2, -0.15) is 0 Å². The standard InChI is InChI=1S/C14H24O2/c1-4-11(2)12(3)10-14(15)16-13-8-6-5-7-9-13/h4,11-13H,1,5-10H2,2-3H3. The summed E-state index contributed by atoms with van der Waals surface area (Å²) in [6.45, 7) is 7.92. The molecule has 0 spiro atoms. The van der Waals surface area contributed by atoms with Crippen molar-refractivity contribution in [2.75, 3.05) is 0 Å². The van der Waals surface area contributed by atoms with Crippen LogP contribution in [0.4, 0.5) is 0 Å². The second-order valence-corrected chi connectivity index (χ2v) is 5.03.